The van der Waals surface area contributed by atoms with Gasteiger partial charge in [0.2, 0.25) is 0 Å². The number of carbonyl (C=O) groups excluding carboxylic acids is 2. The van der Waals surface area contributed by atoms with Crippen LogP contribution >= 0.6 is 11.6 Å². The van der Waals surface area contributed by atoms with E-state index >= 15 is 0 Å². The minimum Gasteiger partial charge on any atom is -0.497 e. The van der Waals surface area contributed by atoms with Crippen molar-refractivity contribution in [3.63, 3.8) is 0 Å². The number of fused-ring (bicyclic) bond motifs is 1. The molecule has 1 N–H and O–H groups in total. The van der Waals surface area contributed by atoms with Crippen LogP contribution in [0, 0.1) is 5.92 Å². The van der Waals surface area contributed by atoms with Crippen LogP contribution in [0.1, 0.15) is 42.5 Å². The second-order valence-corrected chi connectivity index (χ2v) is 10.8. The highest BCUT2D eigenvalue weighted by Crippen LogP contribution is 2.43. The van der Waals surface area contributed by atoms with Crippen LogP contribution in [0.2, 0.25) is 5.02 Å². The number of methoxy groups -OCH3 is 3. The maximum absolute atomic E-state index is 14.0. The van der Waals surface area contributed by atoms with Gasteiger partial charge in [0.1, 0.15) is 23.3 Å². The first-order valence-electron chi connectivity index (χ1n) is 13.9. The summed E-state index contributed by atoms with van der Waals surface area (Å²) in [4.78, 5) is 25.0. The Bertz CT molecular complexity index is 1480. The highest BCUT2D eigenvalue weighted by atomic mass is 35.5. The monoisotopic (exact) mass is 634 g/mol. The molecule has 3 aromatic carbocycles. The van der Waals surface area contributed by atoms with Crippen molar-refractivity contribution >= 4 is 34.9 Å². The molecule has 0 spiro atoms. The van der Waals surface area contributed by atoms with Crippen molar-refractivity contribution in [2.45, 2.75) is 38.4 Å². The maximum atomic E-state index is 14.0. The summed E-state index contributed by atoms with van der Waals surface area (Å²) in [6, 6.07) is 13.5. The van der Waals surface area contributed by atoms with E-state index < -0.39 is 23.7 Å². The first-order chi connectivity index (χ1) is 20.9. The molecule has 12 heteroatoms. The number of hydrogen-bond acceptors (Lipinski definition) is 7. The molecule has 3 aromatic rings. The van der Waals surface area contributed by atoms with Gasteiger partial charge >= 0.3 is 12.1 Å². The topological polar surface area (TPSA) is 86.3 Å². The molecule has 1 aliphatic carbocycles. The average Bonchev–Trinajstić information content (AvgIpc) is 3.75. The van der Waals surface area contributed by atoms with Crippen molar-refractivity contribution < 1.29 is 41.7 Å². The van der Waals surface area contributed by atoms with E-state index in [1.807, 2.05) is 0 Å². The Balaban J connectivity index is 0.000000818. The van der Waals surface area contributed by atoms with E-state index in [1.165, 1.54) is 32.1 Å². The van der Waals surface area contributed by atoms with Crippen molar-refractivity contribution in [3.05, 3.63) is 76.3 Å². The second kappa shape index (κ2) is 14.1. The number of alkyl halides is 3. The molecule has 0 saturated heterocycles. The van der Waals surface area contributed by atoms with E-state index in [9.17, 15) is 22.8 Å². The Labute approximate surface area is 259 Å². The minimum atomic E-state index is -4.64. The lowest BCUT2D eigenvalue weighted by molar-refractivity contribution is -0.139. The summed E-state index contributed by atoms with van der Waals surface area (Å²) in [6.45, 7) is 2.19. The molecule has 0 aromatic heterocycles. The first kappa shape index (κ1) is 32.8. The molecule has 1 atom stereocenters. The smallest absolute Gasteiger partial charge is 0.420 e. The molecule has 1 saturated carbocycles. The molecule has 5 rings (SSSR count). The zero-order valence-electron chi connectivity index (χ0n) is 24.8. The fraction of sp³-hybridized carbons (Fsp3) is 0.375. The number of carbonyl (C=O) groups is 2. The van der Waals surface area contributed by atoms with Gasteiger partial charge in [0.05, 0.1) is 33.5 Å². The van der Waals surface area contributed by atoms with Crippen molar-refractivity contribution in [1.29, 1.82) is 0 Å². The molecular weight excluding hydrogens is 601 g/mol. The third-order valence-corrected chi connectivity index (χ3v) is 7.47. The maximum Gasteiger partial charge on any atom is 0.420 e. The van der Waals surface area contributed by atoms with Crippen LogP contribution < -0.4 is 24.4 Å². The number of rotatable bonds is 9. The summed E-state index contributed by atoms with van der Waals surface area (Å²) in [6.07, 6.45) is -1.95. The van der Waals surface area contributed by atoms with Crippen LogP contribution in [0.5, 0.6) is 17.2 Å². The number of amides is 1. The summed E-state index contributed by atoms with van der Waals surface area (Å²) >= 11 is 6.10. The first-order valence-corrected chi connectivity index (χ1v) is 14.3. The van der Waals surface area contributed by atoms with E-state index in [-0.39, 0.29) is 24.0 Å². The molecule has 1 unspecified atom stereocenters. The Morgan fingerprint density at radius 1 is 1.00 bits per heavy atom. The number of ether oxygens (including phenoxy) is 4. The second-order valence-electron chi connectivity index (χ2n) is 10.4. The average molecular weight is 635 g/mol. The van der Waals surface area contributed by atoms with Crippen molar-refractivity contribution in [1.82, 2.24) is 0 Å². The van der Waals surface area contributed by atoms with Crippen LogP contribution in [-0.2, 0) is 26.9 Å². The predicted octanol–water partition coefficient (Wildman–Crippen LogP) is 7.09. The van der Waals surface area contributed by atoms with Gasteiger partial charge in [-0.3, -0.25) is 9.59 Å². The lowest BCUT2D eigenvalue weighted by atomic mass is 10.0. The Morgan fingerprint density at radius 3 is 2.23 bits per heavy atom. The van der Waals surface area contributed by atoms with Gasteiger partial charge in [-0.25, -0.2) is 0 Å². The van der Waals surface area contributed by atoms with Crippen molar-refractivity contribution in [3.8, 4) is 17.2 Å². The van der Waals surface area contributed by atoms with Crippen LogP contribution in [0.3, 0.4) is 0 Å². The van der Waals surface area contributed by atoms with Gasteiger partial charge in [-0.15, -0.1) is 0 Å². The summed E-state index contributed by atoms with van der Waals surface area (Å²) in [5.74, 6) is 0.771. The summed E-state index contributed by atoms with van der Waals surface area (Å²) < 4.78 is 61.8. The summed E-state index contributed by atoms with van der Waals surface area (Å²) in [5.41, 5.74) is 1.07. The molecule has 1 heterocycles. The van der Waals surface area contributed by atoms with Crippen LogP contribution in [0.15, 0.2) is 54.6 Å². The number of nitrogens with one attached hydrogen (secondary N) is 1. The van der Waals surface area contributed by atoms with Gasteiger partial charge < -0.3 is 29.2 Å². The largest absolute Gasteiger partial charge is 0.497 e. The molecule has 44 heavy (non-hydrogen) atoms. The van der Waals surface area contributed by atoms with Gasteiger partial charge in [-0.1, -0.05) is 23.7 Å². The van der Waals surface area contributed by atoms with E-state index in [4.69, 9.17) is 25.8 Å². The van der Waals surface area contributed by atoms with Gasteiger partial charge in [-0.2, -0.15) is 13.2 Å². The van der Waals surface area contributed by atoms with Gasteiger partial charge in [0.25, 0.3) is 5.91 Å². The lowest BCUT2D eigenvalue weighted by Crippen LogP contribution is -2.37. The molecular formula is C32H34ClF3N2O6. The fourth-order valence-corrected chi connectivity index (χ4v) is 4.78. The highest BCUT2D eigenvalue weighted by molar-refractivity contribution is 6.30. The van der Waals surface area contributed by atoms with E-state index in [1.54, 1.807) is 49.6 Å². The number of anilines is 2. The van der Waals surface area contributed by atoms with Gasteiger partial charge in [-0.05, 0) is 60.6 Å². The van der Waals surface area contributed by atoms with Crippen molar-refractivity contribution in [2.75, 3.05) is 44.7 Å². The molecule has 0 radical (unpaired) electrons. The van der Waals surface area contributed by atoms with E-state index in [0.717, 1.165) is 18.9 Å². The van der Waals surface area contributed by atoms with Gasteiger partial charge in [0.15, 0.2) is 0 Å². The van der Waals surface area contributed by atoms with Crippen molar-refractivity contribution in [2.24, 2.45) is 5.92 Å². The SMILES string of the molecule is COC(C)=O.COc1cc(NC(C(=O)N2CCc3cc(OC)c(C(F)(F)F)cc32)c2ccc(Cl)cc2)cc(OCC2CC2)c1. The molecule has 1 fully saturated rings. The van der Waals surface area contributed by atoms with E-state index in [0.29, 0.717) is 52.3 Å². The summed E-state index contributed by atoms with van der Waals surface area (Å²) in [5, 5.41) is 3.76. The number of halogens is 4. The minimum absolute atomic E-state index is 0.216. The third kappa shape index (κ3) is 8.28. The predicted molar refractivity (Wildman–Crippen MR) is 161 cm³/mol. The Kier molecular flexibility index (Phi) is 10.5. The lowest BCUT2D eigenvalue weighted by Gasteiger charge is -2.27. The number of hydrogen-bond donors (Lipinski definition) is 1. The fourth-order valence-electron chi connectivity index (χ4n) is 4.65. The Morgan fingerprint density at radius 2 is 1.66 bits per heavy atom. The molecule has 1 amide bonds. The third-order valence-electron chi connectivity index (χ3n) is 7.21. The van der Waals surface area contributed by atoms with Crippen LogP contribution in [-0.4, -0.2) is 46.4 Å². The normalized spacial score (nSPS) is 14.5. The number of nitrogens with zero attached hydrogens (tertiary/aromatic N) is 1. The number of benzene rings is 3. The van der Waals surface area contributed by atoms with Gasteiger partial charge in [0, 0.05) is 48.1 Å². The Hall–Kier alpha value is -4.12. The molecule has 1 aliphatic heterocycles. The summed E-state index contributed by atoms with van der Waals surface area (Å²) in [7, 11) is 4.09. The molecule has 2 aliphatic rings. The van der Waals surface area contributed by atoms with Crippen LogP contribution in [0.25, 0.3) is 0 Å². The molecule has 236 valence electrons. The van der Waals surface area contributed by atoms with E-state index in [2.05, 4.69) is 10.1 Å². The zero-order valence-corrected chi connectivity index (χ0v) is 25.6. The standard InChI is InChI=1S/C29H28ClF3N2O4.C3H6O2/c1-37-22-12-21(13-23(14-22)39-16-17-3-4-17)34-27(18-5-7-20(30)8-6-18)28(36)35-10-9-19-11-26(38-2)24(15-25(19)35)29(31,32)33;1-3(4)5-2/h5-8,11-15,17,27,34H,3-4,9-10,16H2,1-2H3;1-2H3. The number of esters is 1. The quantitative estimate of drug-likeness (QED) is 0.252. The zero-order chi connectivity index (χ0) is 32.0. The molecule has 0 bridgehead atoms. The molecule has 8 nitrogen and oxygen atoms in total. The highest BCUT2D eigenvalue weighted by Gasteiger charge is 2.39. The van der Waals surface area contributed by atoms with Crippen LogP contribution in [0.4, 0.5) is 24.5 Å².